The summed E-state index contributed by atoms with van der Waals surface area (Å²) >= 11 is -2.11. The van der Waals surface area contributed by atoms with Gasteiger partial charge in [0.15, 0.2) is 0 Å². The Kier molecular flexibility index (Phi) is 7.88. The monoisotopic (exact) mass is 488 g/mol. The predicted molar refractivity (Wildman–Crippen MR) is 111 cm³/mol. The van der Waals surface area contributed by atoms with E-state index in [-0.39, 0.29) is 24.8 Å². The van der Waals surface area contributed by atoms with Gasteiger partial charge >= 0.3 is 166 Å². The number of benzene rings is 2. The molecule has 2 atom stereocenters. The summed E-state index contributed by atoms with van der Waals surface area (Å²) in [6.45, 7) is 9.40. The quantitative estimate of drug-likeness (QED) is 0.590. The molecule has 0 saturated heterocycles. The van der Waals surface area contributed by atoms with Crippen LogP contribution < -0.4 is 24.8 Å². The van der Waals surface area contributed by atoms with Gasteiger partial charge in [-0.2, -0.15) is 0 Å². The van der Waals surface area contributed by atoms with Crippen LogP contribution in [-0.4, -0.2) is 4.21 Å². The molecule has 0 amide bonds. The summed E-state index contributed by atoms with van der Waals surface area (Å²) < 4.78 is 6.19. The fourth-order valence-corrected chi connectivity index (χ4v) is 12.9. The molecule has 0 fully saturated rings. The van der Waals surface area contributed by atoms with Gasteiger partial charge in [0.25, 0.3) is 0 Å². The van der Waals surface area contributed by atoms with Crippen molar-refractivity contribution in [1.29, 1.82) is 0 Å². The molecule has 2 aromatic carbocycles. The summed E-state index contributed by atoms with van der Waals surface area (Å²) in [6.07, 6.45) is 4.94. The Hall–Kier alpha value is -0.747. The van der Waals surface area contributed by atoms with Crippen LogP contribution in [0.2, 0.25) is 0 Å². The summed E-state index contributed by atoms with van der Waals surface area (Å²) in [5.74, 6) is 1.18. The molecule has 0 N–H and O–H groups in total. The minimum atomic E-state index is -2.11. The maximum Gasteiger partial charge on any atom is -1.00 e. The second-order valence-electron chi connectivity index (χ2n) is 8.30. The van der Waals surface area contributed by atoms with Gasteiger partial charge in [-0.15, -0.1) is 0 Å². The minimum absolute atomic E-state index is 0. The molecule has 0 radical (unpaired) electrons. The molecule has 0 spiro atoms. The first-order valence-corrected chi connectivity index (χ1v) is 14.4. The van der Waals surface area contributed by atoms with E-state index in [4.69, 9.17) is 4.21 Å². The molecule has 4 rings (SSSR count). The maximum absolute atomic E-state index is 4.98. The van der Waals surface area contributed by atoms with Crippen molar-refractivity contribution in [3.05, 3.63) is 81.9 Å². The van der Waals surface area contributed by atoms with E-state index < -0.39 is 21.3 Å². The van der Waals surface area contributed by atoms with Crippen LogP contribution in [0.4, 0.5) is 0 Å². The first kappa shape index (κ1) is 23.5. The number of halogens is 2. The summed E-state index contributed by atoms with van der Waals surface area (Å²) in [5.41, 5.74) is 9.22. The van der Waals surface area contributed by atoms with Crippen LogP contribution in [0.1, 0.15) is 57.2 Å². The van der Waals surface area contributed by atoms with E-state index >= 15 is 0 Å². The van der Waals surface area contributed by atoms with E-state index in [1.54, 1.807) is 22.3 Å². The third-order valence-corrected chi connectivity index (χ3v) is 12.8. The largest absolute Gasteiger partial charge is 1.00 e. The molecular weight excluding hydrogens is 462 g/mol. The zero-order valence-electron chi connectivity index (χ0n) is 17.0. The Labute approximate surface area is 190 Å². The average molecular weight is 491 g/mol. The van der Waals surface area contributed by atoms with Gasteiger partial charge in [0.05, 0.1) is 0 Å². The van der Waals surface area contributed by atoms with Crippen LogP contribution >= 0.6 is 0 Å². The van der Waals surface area contributed by atoms with Crippen molar-refractivity contribution in [3.63, 3.8) is 0 Å². The van der Waals surface area contributed by atoms with E-state index in [9.17, 15) is 0 Å². The molecule has 0 bridgehead atoms. The third-order valence-electron chi connectivity index (χ3n) is 6.00. The second kappa shape index (κ2) is 9.38. The van der Waals surface area contributed by atoms with Gasteiger partial charge in [-0.3, -0.25) is 0 Å². The smallest absolute Gasteiger partial charge is 1.00 e. The van der Waals surface area contributed by atoms with Gasteiger partial charge in [0, 0.05) is 0 Å². The van der Waals surface area contributed by atoms with E-state index in [1.807, 2.05) is 0 Å². The Morgan fingerprint density at radius 1 is 0.679 bits per heavy atom. The standard InChI is InChI=1S/2C12H13.CH2.2ClH.Zr/c2*1-9(2)12-7-10-5-3-4-6-11(10)8-12;;;;/h2*3-9H,1-2H3;1H2;2*1H;/q;;;;;+2/p-2. The fourth-order valence-electron chi connectivity index (χ4n) is 4.69. The van der Waals surface area contributed by atoms with Gasteiger partial charge in [-0.1, -0.05) is 0 Å². The van der Waals surface area contributed by atoms with Crippen molar-refractivity contribution >= 4 is 16.4 Å². The number of fused-ring (bicyclic) bond motifs is 2. The van der Waals surface area contributed by atoms with Gasteiger partial charge in [-0.05, 0) is 0 Å². The zero-order chi connectivity index (χ0) is 18.4. The van der Waals surface area contributed by atoms with Crippen LogP contribution in [0.3, 0.4) is 0 Å². The predicted octanol–water partition coefficient (Wildman–Crippen LogP) is 0.633. The molecule has 0 saturated carbocycles. The van der Waals surface area contributed by atoms with E-state index in [0.29, 0.717) is 19.1 Å². The summed E-state index contributed by atoms with van der Waals surface area (Å²) in [4.78, 5) is 0. The number of allylic oxidation sites excluding steroid dienone is 2. The molecule has 2 aliphatic carbocycles. The van der Waals surface area contributed by atoms with Crippen molar-refractivity contribution in [1.82, 2.24) is 0 Å². The van der Waals surface area contributed by atoms with Crippen molar-refractivity contribution in [2.75, 3.05) is 0 Å². The van der Waals surface area contributed by atoms with Crippen molar-refractivity contribution in [3.8, 4) is 0 Å². The van der Waals surface area contributed by atoms with Crippen LogP contribution in [-0.2, 0) is 21.3 Å². The molecule has 2 aliphatic rings. The maximum atomic E-state index is 4.98. The molecule has 2 unspecified atom stereocenters. The normalized spacial score (nSPS) is 19.0. The molecular formula is C25H28Cl2Zr. The van der Waals surface area contributed by atoms with E-state index in [2.05, 4.69) is 88.4 Å². The van der Waals surface area contributed by atoms with Gasteiger partial charge in [-0.25, -0.2) is 0 Å². The Morgan fingerprint density at radius 3 is 1.39 bits per heavy atom. The van der Waals surface area contributed by atoms with Gasteiger partial charge in [0.2, 0.25) is 0 Å². The Balaban J connectivity index is 0.00000140. The molecule has 28 heavy (non-hydrogen) atoms. The number of hydrogen-bond acceptors (Lipinski definition) is 0. The van der Waals surface area contributed by atoms with E-state index in [1.165, 1.54) is 11.1 Å². The molecule has 0 nitrogen and oxygen atoms in total. The van der Waals surface area contributed by atoms with Crippen molar-refractivity contribution < 1.29 is 46.1 Å². The molecule has 0 heterocycles. The second-order valence-corrected chi connectivity index (χ2v) is 14.0. The summed E-state index contributed by atoms with van der Waals surface area (Å²) in [7, 11) is 0. The average Bonchev–Trinajstić information content (AvgIpc) is 3.20. The molecule has 2 aromatic rings. The summed E-state index contributed by atoms with van der Waals surface area (Å²) in [6, 6.07) is 18.1. The Bertz CT molecular complexity index is 862. The molecule has 146 valence electrons. The first-order chi connectivity index (χ1) is 12.5. The molecule has 0 aliphatic heterocycles. The molecule has 0 aromatic heterocycles. The van der Waals surface area contributed by atoms with Crippen LogP contribution in [0.25, 0.3) is 12.2 Å². The first-order valence-electron chi connectivity index (χ1n) is 9.78. The summed E-state index contributed by atoms with van der Waals surface area (Å²) in [5, 5.41) is 0. The number of hydrogen-bond donors (Lipinski definition) is 0. The molecule has 3 heteroatoms. The SMILES string of the molecule is [CH2]=[Zr+2]([CH]1C(C(C)C)=Cc2ccccc21)[CH]1C(C(C)C)=Cc2ccccc21.[Cl-].[Cl-]. The third kappa shape index (κ3) is 3.96. The zero-order valence-corrected chi connectivity index (χ0v) is 21.0. The Morgan fingerprint density at radius 2 is 1.04 bits per heavy atom. The van der Waals surface area contributed by atoms with Crippen molar-refractivity contribution in [2.45, 2.75) is 34.9 Å². The van der Waals surface area contributed by atoms with Crippen molar-refractivity contribution in [2.24, 2.45) is 11.8 Å². The van der Waals surface area contributed by atoms with Crippen LogP contribution in [0, 0.1) is 11.8 Å². The van der Waals surface area contributed by atoms with Gasteiger partial charge < -0.3 is 24.8 Å². The topological polar surface area (TPSA) is 0 Å². The fraction of sp³-hybridized carbons (Fsp3) is 0.320. The van der Waals surface area contributed by atoms with Crippen LogP contribution in [0.5, 0.6) is 0 Å². The van der Waals surface area contributed by atoms with Crippen LogP contribution in [0.15, 0.2) is 59.7 Å². The van der Waals surface area contributed by atoms with Gasteiger partial charge in [0.1, 0.15) is 0 Å². The number of rotatable bonds is 4. The minimum Gasteiger partial charge on any atom is -1.00 e. The van der Waals surface area contributed by atoms with E-state index in [0.717, 1.165) is 0 Å².